The quantitative estimate of drug-likeness (QED) is 0.0205. The first kappa shape index (κ1) is 70.2. The van der Waals surface area contributed by atoms with Gasteiger partial charge in [-0.15, -0.1) is 0 Å². The molecule has 0 aromatic rings. The highest BCUT2D eigenvalue weighted by atomic mass is 31.2. The lowest BCUT2D eigenvalue weighted by Crippen LogP contribution is -2.47. The Bertz CT molecular complexity index is 1530. The molecule has 0 radical (unpaired) electrons. The number of rotatable bonds is 53. The highest BCUT2D eigenvalue weighted by Crippen LogP contribution is 2.43. The van der Waals surface area contributed by atoms with Crippen LogP contribution >= 0.6 is 7.82 Å². The van der Waals surface area contributed by atoms with Crippen LogP contribution in [-0.4, -0.2) is 74.3 Å². The zero-order valence-corrected chi connectivity index (χ0v) is 49.0. The third-order valence-corrected chi connectivity index (χ3v) is 13.8. The Morgan fingerprint density at radius 2 is 0.877 bits per heavy atom. The first-order valence-corrected chi connectivity index (χ1v) is 31.4. The molecule has 3 unspecified atom stereocenters. The Kier molecular flexibility index (Phi) is 50.6. The molecule has 73 heavy (non-hydrogen) atoms. The molecule has 422 valence electrons. The van der Waals surface area contributed by atoms with Crippen LogP contribution in [0.5, 0.6) is 0 Å². The zero-order valence-electron chi connectivity index (χ0n) is 48.1. The molecule has 0 aromatic carbocycles. The molecule has 3 atom stereocenters. The monoisotopic (exact) mass is 1040 g/mol. The van der Waals surface area contributed by atoms with Gasteiger partial charge in [-0.25, -0.2) is 4.57 Å². The fraction of sp³-hybridized carbons (Fsp3) is 0.746. The molecule has 0 spiro atoms. The van der Waals surface area contributed by atoms with Gasteiger partial charge in [0.25, 0.3) is 0 Å². The Balaban J connectivity index is 5.34. The summed E-state index contributed by atoms with van der Waals surface area (Å²) < 4.78 is 30.6. The molecule has 0 fully saturated rings. The van der Waals surface area contributed by atoms with Gasteiger partial charge in [0.1, 0.15) is 19.3 Å². The summed E-state index contributed by atoms with van der Waals surface area (Å²) in [5, 5.41) is 3.04. The number of esters is 1. The molecule has 1 amide bonds. The average Bonchev–Trinajstić information content (AvgIpc) is 3.35. The third kappa shape index (κ3) is 53.8. The SMILES string of the molecule is CC/C=C\C/C=C\C/C=C\C/C=C\C/C=C\CCCCCC(=O)OC(/C=C/CCCCCCCCCCC)C(COP(=O)(O)OCC[N+](C)(C)C)NC(=O)CCCCCCCCC/C=C/CCCCCCCC. The minimum Gasteiger partial charge on any atom is -0.456 e. The van der Waals surface area contributed by atoms with E-state index in [1.165, 1.54) is 109 Å². The maximum absolute atomic E-state index is 13.5. The first-order valence-electron chi connectivity index (χ1n) is 29.9. The summed E-state index contributed by atoms with van der Waals surface area (Å²) in [7, 11) is 1.47. The van der Waals surface area contributed by atoms with Gasteiger partial charge in [0.15, 0.2) is 0 Å². The lowest BCUT2D eigenvalue weighted by atomic mass is 10.1. The summed E-state index contributed by atoms with van der Waals surface area (Å²) in [4.78, 5) is 37.6. The van der Waals surface area contributed by atoms with Gasteiger partial charge in [0.2, 0.25) is 5.91 Å². The van der Waals surface area contributed by atoms with Crippen molar-refractivity contribution in [3.8, 4) is 0 Å². The molecule has 0 aliphatic carbocycles. The van der Waals surface area contributed by atoms with Crippen LogP contribution in [0.25, 0.3) is 0 Å². The van der Waals surface area contributed by atoms with Crippen LogP contribution in [-0.2, 0) is 27.9 Å². The number of quaternary nitrogens is 1. The standard InChI is InChI=1S/C63H113N2O7P/c1-7-10-13-16-19-22-25-27-29-31-32-34-36-38-41-44-47-50-53-56-63(67)72-61(54-51-48-45-42-39-24-21-18-15-12-9-3)60(59-71-73(68,69)70-58-57-65(4,5)6)64-62(66)55-52-49-46-43-40-37-35-33-30-28-26-23-20-17-14-11-8-2/h10,13,19,22,27-30,32,34,38,41,51,54,60-61H,7-9,11-12,14-18,20-21,23-26,31,33,35-37,39-40,42-50,52-53,55-59H2,1-6H3,(H-,64,66,68,69)/p+1/b13-10-,22-19-,29-27-,30-28+,34-32-,41-38-,54-51+. The molecule has 0 saturated heterocycles. The van der Waals surface area contributed by atoms with Gasteiger partial charge in [-0.2, -0.15) is 0 Å². The number of nitrogens with zero attached hydrogens (tertiary/aromatic N) is 1. The van der Waals surface area contributed by atoms with Crippen LogP contribution < -0.4 is 5.32 Å². The summed E-state index contributed by atoms with van der Waals surface area (Å²) in [5.41, 5.74) is 0. The van der Waals surface area contributed by atoms with E-state index in [1.807, 2.05) is 33.3 Å². The van der Waals surface area contributed by atoms with Gasteiger partial charge < -0.3 is 19.4 Å². The van der Waals surface area contributed by atoms with Crippen LogP contribution in [0.15, 0.2) is 85.1 Å². The molecule has 0 bridgehead atoms. The topological polar surface area (TPSA) is 111 Å². The lowest BCUT2D eigenvalue weighted by molar-refractivity contribution is -0.870. The van der Waals surface area contributed by atoms with E-state index in [9.17, 15) is 19.0 Å². The van der Waals surface area contributed by atoms with Gasteiger partial charge >= 0.3 is 13.8 Å². The van der Waals surface area contributed by atoms with E-state index in [2.05, 4.69) is 99.0 Å². The van der Waals surface area contributed by atoms with E-state index >= 15 is 0 Å². The zero-order chi connectivity index (χ0) is 53.6. The van der Waals surface area contributed by atoms with Crippen molar-refractivity contribution in [2.45, 2.75) is 264 Å². The summed E-state index contributed by atoms with van der Waals surface area (Å²) in [6.45, 7) is 6.86. The van der Waals surface area contributed by atoms with Crippen LogP contribution in [0, 0.1) is 0 Å². The summed E-state index contributed by atoms with van der Waals surface area (Å²) in [6, 6.07) is -0.867. The number of allylic oxidation sites excluding steroid dienone is 13. The van der Waals surface area contributed by atoms with E-state index < -0.39 is 20.0 Å². The van der Waals surface area contributed by atoms with E-state index in [0.29, 0.717) is 23.9 Å². The second kappa shape index (κ2) is 52.6. The molecule has 0 aliphatic heterocycles. The Morgan fingerprint density at radius 1 is 0.493 bits per heavy atom. The molecule has 0 saturated carbocycles. The largest absolute Gasteiger partial charge is 0.472 e. The normalized spacial score (nSPS) is 14.3. The van der Waals surface area contributed by atoms with Crippen molar-refractivity contribution in [3.05, 3.63) is 85.1 Å². The number of unbranched alkanes of at least 4 members (excludes halogenated alkanes) is 25. The third-order valence-electron chi connectivity index (χ3n) is 12.8. The lowest BCUT2D eigenvalue weighted by Gasteiger charge is -2.27. The number of ether oxygens (including phenoxy) is 1. The number of hydrogen-bond donors (Lipinski definition) is 2. The molecular weight excluding hydrogens is 928 g/mol. The number of phosphoric acid groups is 1. The number of carbonyl (C=O) groups excluding carboxylic acids is 2. The van der Waals surface area contributed by atoms with Gasteiger partial charge in [0, 0.05) is 12.8 Å². The van der Waals surface area contributed by atoms with E-state index in [1.54, 1.807) is 0 Å². The number of phosphoric ester groups is 1. The van der Waals surface area contributed by atoms with Crippen molar-refractivity contribution in [2.24, 2.45) is 0 Å². The molecule has 0 aliphatic rings. The minimum absolute atomic E-state index is 0.0306. The minimum atomic E-state index is -4.46. The molecule has 0 aromatic heterocycles. The number of amides is 1. The molecule has 0 heterocycles. The highest BCUT2D eigenvalue weighted by Gasteiger charge is 2.30. The Labute approximate surface area is 450 Å². The van der Waals surface area contributed by atoms with Crippen molar-refractivity contribution in [3.63, 3.8) is 0 Å². The van der Waals surface area contributed by atoms with Crippen LogP contribution in [0.1, 0.15) is 252 Å². The van der Waals surface area contributed by atoms with Crippen molar-refractivity contribution in [1.29, 1.82) is 0 Å². The second-order valence-electron chi connectivity index (χ2n) is 21.1. The summed E-state index contributed by atoms with van der Waals surface area (Å²) >= 11 is 0. The van der Waals surface area contributed by atoms with Crippen molar-refractivity contribution in [2.75, 3.05) is 40.9 Å². The molecule has 0 rings (SSSR count). The number of likely N-dealkylation sites (N-methyl/N-ethyl adjacent to an activating group) is 1. The Hall–Kier alpha value is -2.81. The van der Waals surface area contributed by atoms with E-state index in [-0.39, 0.29) is 31.5 Å². The number of nitrogens with one attached hydrogen (secondary N) is 1. The molecule has 10 heteroatoms. The van der Waals surface area contributed by atoms with Gasteiger partial charge in [-0.05, 0) is 102 Å². The number of carbonyl (C=O) groups is 2. The van der Waals surface area contributed by atoms with Crippen LogP contribution in [0.3, 0.4) is 0 Å². The summed E-state index contributed by atoms with van der Waals surface area (Å²) in [6.07, 6.45) is 68.6. The first-order chi connectivity index (χ1) is 35.4. The fourth-order valence-corrected chi connectivity index (χ4v) is 8.93. The maximum Gasteiger partial charge on any atom is 0.472 e. The smallest absolute Gasteiger partial charge is 0.456 e. The van der Waals surface area contributed by atoms with E-state index in [0.717, 1.165) is 103 Å². The molecular formula is C63H114N2O7P+. The van der Waals surface area contributed by atoms with Crippen LogP contribution in [0.4, 0.5) is 0 Å². The highest BCUT2D eigenvalue weighted by molar-refractivity contribution is 7.47. The van der Waals surface area contributed by atoms with Crippen LogP contribution in [0.2, 0.25) is 0 Å². The van der Waals surface area contributed by atoms with Crippen molar-refractivity contribution >= 4 is 19.7 Å². The van der Waals surface area contributed by atoms with Gasteiger partial charge in [-0.1, -0.05) is 222 Å². The van der Waals surface area contributed by atoms with E-state index in [4.69, 9.17) is 13.8 Å². The average molecular weight is 1040 g/mol. The second-order valence-corrected chi connectivity index (χ2v) is 22.6. The van der Waals surface area contributed by atoms with Crippen molar-refractivity contribution in [1.82, 2.24) is 5.32 Å². The molecule has 2 N–H and O–H groups in total. The van der Waals surface area contributed by atoms with Gasteiger partial charge in [0.05, 0.1) is 33.8 Å². The predicted octanol–water partition coefficient (Wildman–Crippen LogP) is 18.2. The summed E-state index contributed by atoms with van der Waals surface area (Å²) in [5.74, 6) is -0.550. The van der Waals surface area contributed by atoms with Gasteiger partial charge in [-0.3, -0.25) is 18.6 Å². The Morgan fingerprint density at radius 3 is 1.34 bits per heavy atom. The maximum atomic E-state index is 13.5. The predicted molar refractivity (Wildman–Crippen MR) is 314 cm³/mol. The molecule has 9 nitrogen and oxygen atoms in total. The fourth-order valence-electron chi connectivity index (χ4n) is 8.20. The number of hydrogen-bond acceptors (Lipinski definition) is 6. The van der Waals surface area contributed by atoms with Crippen molar-refractivity contribution < 1.29 is 37.3 Å².